The number of carbonyl (C=O) groups excluding carboxylic acids is 3. The number of thiazole rings is 1. The van der Waals surface area contributed by atoms with E-state index in [1.807, 2.05) is 44.4 Å². The van der Waals surface area contributed by atoms with E-state index in [1.165, 1.54) is 9.78 Å². The van der Waals surface area contributed by atoms with E-state index in [0.29, 0.717) is 38.1 Å². The number of sulfonamides is 1. The number of carbonyl (C=O) groups is 3. The number of imidazole rings is 1. The van der Waals surface area contributed by atoms with Crippen LogP contribution in [0.15, 0.2) is 18.2 Å². The van der Waals surface area contributed by atoms with Crippen LogP contribution in [-0.4, -0.2) is 80.6 Å². The van der Waals surface area contributed by atoms with Crippen LogP contribution in [0, 0.1) is 11.3 Å². The molecule has 7 rings (SSSR count). The van der Waals surface area contributed by atoms with Crippen LogP contribution in [0.25, 0.3) is 21.6 Å². The fourth-order valence-corrected chi connectivity index (χ4v) is 11.8. The van der Waals surface area contributed by atoms with Crippen molar-refractivity contribution in [1.29, 1.82) is 0 Å². The lowest BCUT2D eigenvalue weighted by molar-refractivity contribution is -0.142. The van der Waals surface area contributed by atoms with Gasteiger partial charge in [0.05, 0.1) is 28.5 Å². The first kappa shape index (κ1) is 41.6. The molecule has 1 aromatic carbocycles. The Labute approximate surface area is 341 Å². The van der Waals surface area contributed by atoms with Crippen molar-refractivity contribution in [3.8, 4) is 16.6 Å². The number of aryl methyl sites for hydroxylation is 1. The Morgan fingerprint density at radius 2 is 1.79 bits per heavy atom. The van der Waals surface area contributed by atoms with Crippen LogP contribution in [0.5, 0.6) is 6.01 Å². The average molecular weight is 824 g/mol. The second-order valence-corrected chi connectivity index (χ2v) is 21.8. The van der Waals surface area contributed by atoms with Crippen molar-refractivity contribution in [2.24, 2.45) is 17.1 Å². The molecule has 1 saturated heterocycles. The summed E-state index contributed by atoms with van der Waals surface area (Å²) >= 11 is 1.70. The SMILES string of the molecule is CC[C@@H]1C[C@@]12NC(=O)[C@@H]1C[C@H](CN1C(=O)[C@@H](N)C(C)(C)C)Oc1nc3c(cccc3n1C(C)C)-c1nc(C(C)C)c(s1)CCCCCCC1(CC1)S(=O)(=O)NC2=O. The lowest BCUT2D eigenvalue weighted by Gasteiger charge is -2.33. The molecule has 0 unspecified atom stereocenters. The fourth-order valence-electron chi connectivity index (χ4n) is 8.85. The minimum atomic E-state index is -4.01. The molecule has 6 bridgehead atoms. The lowest BCUT2D eigenvalue weighted by atomic mass is 9.86. The molecule has 4 N–H and O–H groups in total. The number of nitrogens with two attached hydrogens (primary N) is 1. The Balaban J connectivity index is 1.29. The van der Waals surface area contributed by atoms with E-state index in [4.69, 9.17) is 20.4 Å². The van der Waals surface area contributed by atoms with Crippen molar-refractivity contribution in [3.63, 3.8) is 0 Å². The van der Waals surface area contributed by atoms with E-state index < -0.39 is 61.6 Å². The summed E-state index contributed by atoms with van der Waals surface area (Å²) in [6.45, 7) is 16.1. The summed E-state index contributed by atoms with van der Waals surface area (Å²) in [5.41, 5.74) is 8.23. The zero-order valence-electron chi connectivity index (χ0n) is 34.8. The van der Waals surface area contributed by atoms with Gasteiger partial charge in [-0.1, -0.05) is 73.3 Å². The summed E-state index contributed by atoms with van der Waals surface area (Å²) < 4.78 is 37.9. The second kappa shape index (κ2) is 15.2. The summed E-state index contributed by atoms with van der Waals surface area (Å²) in [6.07, 6.45) is 6.32. The number of fused-ring (bicyclic) bond motifs is 6. The molecule has 2 saturated carbocycles. The van der Waals surface area contributed by atoms with Crippen molar-refractivity contribution in [2.45, 2.75) is 166 Å². The second-order valence-electron chi connectivity index (χ2n) is 18.6. The minimum absolute atomic E-state index is 0.0289. The number of likely N-dealkylation sites (tertiary alicyclic amines) is 1. The number of rotatable bonds is 4. The fraction of sp³-hybridized carbons (Fsp3) is 0.690. The molecule has 4 aliphatic rings. The van der Waals surface area contributed by atoms with Crippen molar-refractivity contribution in [1.82, 2.24) is 29.5 Å². The molecule has 57 heavy (non-hydrogen) atoms. The highest BCUT2D eigenvalue weighted by Gasteiger charge is 2.63. The first-order valence-corrected chi connectivity index (χ1v) is 23.2. The Hall–Kier alpha value is -3.56. The van der Waals surface area contributed by atoms with Gasteiger partial charge in [-0.15, -0.1) is 11.3 Å². The molecular formula is C42H61N7O6S2. The van der Waals surface area contributed by atoms with Gasteiger partial charge < -0.3 is 20.7 Å². The van der Waals surface area contributed by atoms with Gasteiger partial charge in [-0.2, -0.15) is 4.98 Å². The zero-order valence-corrected chi connectivity index (χ0v) is 36.4. The molecule has 4 heterocycles. The molecule has 13 nitrogen and oxygen atoms in total. The maximum absolute atomic E-state index is 14.4. The van der Waals surface area contributed by atoms with E-state index in [2.05, 4.69) is 43.8 Å². The summed E-state index contributed by atoms with van der Waals surface area (Å²) in [4.78, 5) is 55.6. The lowest BCUT2D eigenvalue weighted by Crippen LogP contribution is -2.59. The maximum Gasteiger partial charge on any atom is 0.297 e. The molecule has 3 aromatic rings. The van der Waals surface area contributed by atoms with Gasteiger partial charge in [0.15, 0.2) is 0 Å². The molecule has 2 aliphatic heterocycles. The van der Waals surface area contributed by atoms with Crippen LogP contribution in [-0.2, 0) is 30.8 Å². The van der Waals surface area contributed by atoms with Gasteiger partial charge in [-0.05, 0) is 81.8 Å². The Morgan fingerprint density at radius 3 is 2.42 bits per heavy atom. The van der Waals surface area contributed by atoms with Crippen molar-refractivity contribution < 1.29 is 27.5 Å². The zero-order chi connectivity index (χ0) is 41.2. The van der Waals surface area contributed by atoms with E-state index >= 15 is 0 Å². The standard InChI is InChI=1S/C42H61N7O6S2/c1-9-26-22-42(26)38(52)47-57(53,54)41(19-20-41)18-13-11-10-12-17-31-32(24(2)3)44-36(56-31)28-15-14-16-29-33(28)45-39(49(29)25(4)5)55-27-21-30(35(50)46-42)48(23-27)37(51)34(43)40(6,7)8/h14-16,24-27,30,34H,9-13,17-23,43H2,1-8H3,(H,46,50)(H,47,52)/t26-,27-,30+,34-,42-/m1/s1. The van der Waals surface area contributed by atoms with Crippen molar-refractivity contribution >= 4 is 50.1 Å². The molecule has 3 amide bonds. The van der Waals surface area contributed by atoms with Gasteiger partial charge in [-0.3, -0.25) is 23.7 Å². The van der Waals surface area contributed by atoms with Crippen LogP contribution in [0.3, 0.4) is 0 Å². The maximum atomic E-state index is 14.4. The monoisotopic (exact) mass is 823 g/mol. The van der Waals surface area contributed by atoms with Crippen molar-refractivity contribution in [3.05, 3.63) is 28.8 Å². The molecule has 3 fully saturated rings. The van der Waals surface area contributed by atoms with E-state index in [9.17, 15) is 22.8 Å². The normalized spacial score (nSPS) is 27.1. The molecule has 5 atom stereocenters. The quantitative estimate of drug-likeness (QED) is 0.270. The third-order valence-electron chi connectivity index (χ3n) is 12.8. The van der Waals surface area contributed by atoms with Gasteiger partial charge in [-0.25, -0.2) is 13.4 Å². The third kappa shape index (κ3) is 7.72. The Bertz CT molecular complexity index is 2150. The van der Waals surface area contributed by atoms with Crippen LogP contribution >= 0.6 is 11.3 Å². The highest BCUT2D eigenvalue weighted by Crippen LogP contribution is 2.50. The number of amides is 3. The Kier molecular flexibility index (Phi) is 11.1. The molecule has 0 radical (unpaired) electrons. The molecule has 2 spiro atoms. The average Bonchev–Trinajstić information content (AvgIpc) is 3.91. The number of aromatic nitrogens is 3. The summed E-state index contributed by atoms with van der Waals surface area (Å²) in [7, 11) is -4.01. The summed E-state index contributed by atoms with van der Waals surface area (Å²) in [6, 6.07) is 4.54. The van der Waals surface area contributed by atoms with Gasteiger partial charge >= 0.3 is 0 Å². The number of hydrogen-bond donors (Lipinski definition) is 3. The topological polar surface area (TPSA) is 179 Å². The summed E-state index contributed by atoms with van der Waals surface area (Å²) in [5, 5.41) is 3.88. The van der Waals surface area contributed by atoms with Crippen molar-refractivity contribution in [2.75, 3.05) is 6.54 Å². The van der Waals surface area contributed by atoms with Crippen LogP contribution in [0.1, 0.15) is 142 Å². The van der Waals surface area contributed by atoms with Gasteiger partial charge in [0.1, 0.15) is 28.2 Å². The highest BCUT2D eigenvalue weighted by molar-refractivity contribution is 7.91. The number of hydrogen-bond acceptors (Lipinski definition) is 10. The minimum Gasteiger partial charge on any atom is -0.459 e. The van der Waals surface area contributed by atoms with Gasteiger partial charge in [0.25, 0.3) is 11.9 Å². The number of ether oxygens (including phenoxy) is 1. The number of nitrogens with zero attached hydrogens (tertiary/aromatic N) is 4. The first-order valence-electron chi connectivity index (χ1n) is 20.9. The van der Waals surface area contributed by atoms with Gasteiger partial charge in [0, 0.05) is 22.9 Å². The number of benzene rings is 1. The highest BCUT2D eigenvalue weighted by atomic mass is 32.2. The smallest absolute Gasteiger partial charge is 0.297 e. The largest absolute Gasteiger partial charge is 0.459 e. The van der Waals surface area contributed by atoms with Crippen LogP contribution in [0.2, 0.25) is 0 Å². The molecule has 2 aromatic heterocycles. The van der Waals surface area contributed by atoms with E-state index in [-0.39, 0.29) is 30.8 Å². The van der Waals surface area contributed by atoms with E-state index in [1.54, 1.807) is 11.3 Å². The predicted molar refractivity (Wildman–Crippen MR) is 222 cm³/mol. The number of para-hydroxylation sites is 1. The van der Waals surface area contributed by atoms with Crippen LogP contribution in [0.4, 0.5) is 0 Å². The Morgan fingerprint density at radius 1 is 1.07 bits per heavy atom. The van der Waals surface area contributed by atoms with Gasteiger partial charge in [0.2, 0.25) is 21.8 Å². The molecule has 312 valence electrons. The third-order valence-corrected chi connectivity index (χ3v) is 16.1. The van der Waals surface area contributed by atoms with Crippen LogP contribution < -0.4 is 20.5 Å². The predicted octanol–water partition coefficient (Wildman–Crippen LogP) is 6.36. The molecule has 2 aliphatic carbocycles. The first-order chi connectivity index (χ1) is 26.8. The number of nitrogens with one attached hydrogen (secondary N) is 2. The van der Waals surface area contributed by atoms with E-state index in [0.717, 1.165) is 59.4 Å². The molecular weight excluding hydrogens is 763 g/mol. The molecule has 15 heteroatoms. The summed E-state index contributed by atoms with van der Waals surface area (Å²) in [5.74, 6) is -1.64.